The maximum absolute atomic E-state index is 2.50. The molecule has 12 rings (SSSR count). The third kappa shape index (κ3) is 4.34. The molecule has 0 N–H and O–H groups in total. The Morgan fingerprint density at radius 2 is 0.945 bits per heavy atom. The van der Waals surface area contributed by atoms with Crippen LogP contribution in [0.5, 0.6) is 0 Å². The summed E-state index contributed by atoms with van der Waals surface area (Å²) >= 11 is 0. The van der Waals surface area contributed by atoms with Crippen molar-refractivity contribution in [3.63, 3.8) is 0 Å². The molecule has 1 atom stereocenters. The molecule has 0 nitrogen and oxygen atoms in total. The van der Waals surface area contributed by atoms with E-state index in [4.69, 9.17) is 0 Å². The molecule has 3 aliphatic rings. The molecule has 9 aromatic rings. The number of rotatable bonds is 4. The summed E-state index contributed by atoms with van der Waals surface area (Å²) in [6.07, 6.45) is 8.31. The summed E-state index contributed by atoms with van der Waals surface area (Å²) in [6.45, 7) is 2.34. The van der Waals surface area contributed by atoms with Gasteiger partial charge in [0.2, 0.25) is 0 Å². The van der Waals surface area contributed by atoms with E-state index >= 15 is 0 Å². The Bertz CT molecular complexity index is 3150. The Hall–Kier alpha value is -6.76. The predicted octanol–water partition coefficient (Wildman–Crippen LogP) is 15.4. The van der Waals surface area contributed by atoms with E-state index in [9.17, 15) is 0 Å². The van der Waals surface area contributed by atoms with Crippen LogP contribution in [0.3, 0.4) is 0 Å². The Kier molecular flexibility index (Phi) is 6.48. The van der Waals surface area contributed by atoms with Crippen molar-refractivity contribution in [1.29, 1.82) is 0 Å². The highest BCUT2D eigenvalue weighted by atomic mass is 14.4. The first kappa shape index (κ1) is 30.7. The van der Waals surface area contributed by atoms with Crippen molar-refractivity contribution in [2.45, 2.75) is 13.3 Å². The maximum Gasteiger partial charge on any atom is -0.000741 e. The van der Waals surface area contributed by atoms with Gasteiger partial charge in [0.1, 0.15) is 0 Å². The third-order valence-electron chi connectivity index (χ3n) is 12.4. The molecule has 3 aliphatic carbocycles. The average Bonchev–Trinajstić information content (AvgIpc) is 3.74. The highest BCUT2D eigenvalue weighted by Gasteiger charge is 2.33. The first-order valence-corrected chi connectivity index (χ1v) is 19.6. The summed E-state index contributed by atoms with van der Waals surface area (Å²) in [6, 6.07) is 61.5. The quantitative estimate of drug-likeness (QED) is 0.172. The molecule has 0 radical (unpaired) electrons. The van der Waals surface area contributed by atoms with Crippen LogP contribution in [0.2, 0.25) is 0 Å². The molecule has 0 amide bonds. The molecule has 0 heteroatoms. The van der Waals surface area contributed by atoms with Gasteiger partial charge in [-0.1, -0.05) is 183 Å². The molecule has 0 aliphatic heterocycles. The van der Waals surface area contributed by atoms with Gasteiger partial charge in [-0.25, -0.2) is 0 Å². The van der Waals surface area contributed by atoms with Crippen LogP contribution in [0.4, 0.5) is 0 Å². The molecule has 0 fully saturated rings. The monoisotopic (exact) mass is 696 g/mol. The van der Waals surface area contributed by atoms with E-state index in [1.54, 1.807) is 0 Å². The highest BCUT2D eigenvalue weighted by molar-refractivity contribution is 6.29. The van der Waals surface area contributed by atoms with Crippen LogP contribution in [0.25, 0.3) is 116 Å². The molecule has 1 unspecified atom stereocenters. The fourth-order valence-corrected chi connectivity index (χ4v) is 10.2. The smallest absolute Gasteiger partial charge is 0.000741 e. The SMILES string of the molecule is CC1C=C(c2c3c(c(-c4ccccc4)c4ccccc24)-c2ccc(-c4ccc5c(c4)-c4cccc6cccc-5c46)c4c(-c5ccccc5)ccc-3c24)C=CC1. The van der Waals surface area contributed by atoms with Crippen molar-refractivity contribution in [1.82, 2.24) is 0 Å². The largest absolute Gasteiger partial charge is 0.0834 e. The summed E-state index contributed by atoms with van der Waals surface area (Å²) in [5.41, 5.74) is 20.9. The number of allylic oxidation sites excluding steroid dienone is 4. The van der Waals surface area contributed by atoms with Crippen LogP contribution in [0.15, 0.2) is 182 Å². The van der Waals surface area contributed by atoms with E-state index in [0.717, 1.165) is 6.42 Å². The van der Waals surface area contributed by atoms with Gasteiger partial charge >= 0.3 is 0 Å². The first-order valence-electron chi connectivity index (χ1n) is 19.6. The normalized spacial score (nSPS) is 14.8. The fraction of sp³-hybridized carbons (Fsp3) is 0.0545. The van der Waals surface area contributed by atoms with Gasteiger partial charge in [0.25, 0.3) is 0 Å². The minimum absolute atomic E-state index is 0.482. The second-order valence-corrected chi connectivity index (χ2v) is 15.6. The molecule has 256 valence electrons. The van der Waals surface area contributed by atoms with Crippen LogP contribution in [-0.2, 0) is 0 Å². The van der Waals surface area contributed by atoms with E-state index in [2.05, 4.69) is 189 Å². The summed E-state index contributed by atoms with van der Waals surface area (Å²) in [5, 5.41) is 7.95. The molecule has 0 bridgehead atoms. The van der Waals surface area contributed by atoms with Gasteiger partial charge in [0.15, 0.2) is 0 Å². The van der Waals surface area contributed by atoms with Crippen molar-refractivity contribution >= 4 is 37.9 Å². The molecule has 0 heterocycles. The van der Waals surface area contributed by atoms with E-state index in [1.807, 2.05) is 0 Å². The van der Waals surface area contributed by atoms with Gasteiger partial charge in [0.05, 0.1) is 0 Å². The van der Waals surface area contributed by atoms with Gasteiger partial charge in [0, 0.05) is 0 Å². The molecule has 55 heavy (non-hydrogen) atoms. The summed E-state index contributed by atoms with van der Waals surface area (Å²) < 4.78 is 0. The van der Waals surface area contributed by atoms with Crippen molar-refractivity contribution in [2.24, 2.45) is 5.92 Å². The molecule has 0 spiro atoms. The summed E-state index contributed by atoms with van der Waals surface area (Å²) in [7, 11) is 0. The third-order valence-corrected chi connectivity index (χ3v) is 12.4. The minimum atomic E-state index is 0.482. The lowest BCUT2D eigenvalue weighted by molar-refractivity contribution is 0.740. The van der Waals surface area contributed by atoms with Gasteiger partial charge in [-0.3, -0.25) is 0 Å². The second-order valence-electron chi connectivity index (χ2n) is 15.6. The van der Waals surface area contributed by atoms with E-state index in [-0.39, 0.29) is 0 Å². The molecule has 9 aromatic carbocycles. The Balaban J connectivity index is 1.21. The zero-order valence-electron chi connectivity index (χ0n) is 30.6. The second kappa shape index (κ2) is 11.6. The lowest BCUT2D eigenvalue weighted by atomic mass is 9.81. The molecular formula is C55H36. The van der Waals surface area contributed by atoms with Crippen molar-refractivity contribution in [2.75, 3.05) is 0 Å². The van der Waals surface area contributed by atoms with Crippen LogP contribution in [-0.4, -0.2) is 0 Å². The van der Waals surface area contributed by atoms with E-state index in [0.29, 0.717) is 5.92 Å². The molecule has 0 aromatic heterocycles. The Morgan fingerprint density at radius 3 is 1.65 bits per heavy atom. The van der Waals surface area contributed by atoms with Gasteiger partial charge in [-0.05, 0) is 140 Å². The van der Waals surface area contributed by atoms with Crippen molar-refractivity contribution in [3.8, 4) is 77.9 Å². The maximum atomic E-state index is 2.50. The lowest BCUT2D eigenvalue weighted by Gasteiger charge is -2.22. The molecule has 0 saturated heterocycles. The fourth-order valence-electron chi connectivity index (χ4n) is 10.2. The molecular weight excluding hydrogens is 661 g/mol. The number of fused-ring (bicyclic) bond motifs is 7. The number of hydrogen-bond acceptors (Lipinski definition) is 0. The van der Waals surface area contributed by atoms with Gasteiger partial charge in [-0.15, -0.1) is 0 Å². The Morgan fingerprint density at radius 1 is 0.382 bits per heavy atom. The van der Waals surface area contributed by atoms with Crippen LogP contribution >= 0.6 is 0 Å². The topological polar surface area (TPSA) is 0 Å². The zero-order chi connectivity index (χ0) is 36.2. The number of benzene rings is 9. The molecule has 0 saturated carbocycles. The standard InChI is InChI=1S/C55H36/c1-33-13-10-20-38(31-33)51-44-22-9-8-21-43(44)50(36-16-6-3-7-17-36)54-46-30-28-40(52-39(34-14-4-2-5-15-34)27-29-47(53(46)52)55(51)54)37-25-26-41-42-23-11-18-35-19-12-24-45(49(35)42)48(41)32-37/h2-12,14-33H,13H2,1H3. The van der Waals surface area contributed by atoms with Crippen molar-refractivity contribution < 1.29 is 0 Å². The zero-order valence-corrected chi connectivity index (χ0v) is 30.6. The highest BCUT2D eigenvalue weighted by Crippen LogP contribution is 2.59. The van der Waals surface area contributed by atoms with E-state index in [1.165, 1.54) is 121 Å². The van der Waals surface area contributed by atoms with Crippen LogP contribution in [0, 0.1) is 5.92 Å². The summed E-state index contributed by atoms with van der Waals surface area (Å²) in [4.78, 5) is 0. The van der Waals surface area contributed by atoms with Crippen molar-refractivity contribution in [3.05, 3.63) is 188 Å². The number of hydrogen-bond donors (Lipinski definition) is 0. The average molecular weight is 697 g/mol. The first-order chi connectivity index (χ1) is 27.2. The predicted molar refractivity (Wildman–Crippen MR) is 235 cm³/mol. The Labute approximate surface area is 321 Å². The van der Waals surface area contributed by atoms with Crippen LogP contribution < -0.4 is 0 Å². The van der Waals surface area contributed by atoms with Gasteiger partial charge < -0.3 is 0 Å². The summed E-state index contributed by atoms with van der Waals surface area (Å²) in [5.74, 6) is 0.482. The van der Waals surface area contributed by atoms with E-state index < -0.39 is 0 Å². The lowest BCUT2D eigenvalue weighted by Crippen LogP contribution is -1.99. The van der Waals surface area contributed by atoms with Gasteiger partial charge in [-0.2, -0.15) is 0 Å². The van der Waals surface area contributed by atoms with Crippen LogP contribution in [0.1, 0.15) is 18.9 Å². The minimum Gasteiger partial charge on any atom is -0.0834 e.